The van der Waals surface area contributed by atoms with Crippen molar-refractivity contribution in [1.82, 2.24) is 14.7 Å². The topological polar surface area (TPSA) is 75.2 Å². The van der Waals surface area contributed by atoms with E-state index in [0.29, 0.717) is 24.4 Å². The molecule has 2 aromatic heterocycles. The standard InChI is InChI=1S/C29H26N4O2S2/c1-20-12-14-23(15-13-20)37(34,35)30-16-6-7-17-33-28-26(18-21-8-2-4-10-24(21)31-28)36-27-19-22-9-3-5-11-25(22)32-29(27)33/h2-5,8-15,18-19,30H,6-7,16-17H2,1H3. The van der Waals surface area contributed by atoms with Crippen molar-refractivity contribution in [2.75, 3.05) is 18.0 Å². The van der Waals surface area contributed by atoms with Gasteiger partial charge in [-0.3, -0.25) is 0 Å². The first-order chi connectivity index (χ1) is 18.0. The number of aromatic nitrogens is 2. The van der Waals surface area contributed by atoms with E-state index < -0.39 is 10.0 Å². The molecule has 0 unspecified atom stereocenters. The van der Waals surface area contributed by atoms with Crippen LogP contribution >= 0.6 is 11.8 Å². The molecular weight excluding hydrogens is 500 g/mol. The highest BCUT2D eigenvalue weighted by Crippen LogP contribution is 2.48. The number of unbranched alkanes of at least 4 members (excludes halogenated alkanes) is 1. The molecule has 0 radical (unpaired) electrons. The maximum absolute atomic E-state index is 12.6. The highest BCUT2D eigenvalue weighted by atomic mass is 32.2. The third kappa shape index (κ3) is 4.80. The molecule has 6 nitrogen and oxygen atoms in total. The molecular formula is C29H26N4O2S2. The van der Waals surface area contributed by atoms with Crippen LogP contribution in [0.25, 0.3) is 21.8 Å². The Hall–Kier alpha value is -3.46. The van der Waals surface area contributed by atoms with E-state index in [1.807, 2.05) is 55.5 Å². The number of nitrogens with one attached hydrogen (secondary N) is 1. The zero-order valence-corrected chi connectivity index (χ0v) is 22.0. The van der Waals surface area contributed by atoms with Crippen molar-refractivity contribution < 1.29 is 8.42 Å². The van der Waals surface area contributed by atoms with E-state index in [9.17, 15) is 8.42 Å². The summed E-state index contributed by atoms with van der Waals surface area (Å²) in [6.07, 6.45) is 1.48. The van der Waals surface area contributed by atoms with Crippen LogP contribution in [-0.4, -0.2) is 31.5 Å². The van der Waals surface area contributed by atoms with E-state index in [4.69, 9.17) is 9.97 Å². The molecule has 1 aliphatic heterocycles. The number of hydrogen-bond donors (Lipinski definition) is 1. The summed E-state index contributed by atoms with van der Waals surface area (Å²) in [7, 11) is -3.52. The van der Waals surface area contributed by atoms with Gasteiger partial charge in [-0.1, -0.05) is 65.9 Å². The third-order valence-electron chi connectivity index (χ3n) is 6.50. The molecule has 37 heavy (non-hydrogen) atoms. The molecule has 5 aromatic rings. The van der Waals surface area contributed by atoms with Crippen LogP contribution in [0.1, 0.15) is 18.4 Å². The van der Waals surface area contributed by atoms with Gasteiger partial charge < -0.3 is 4.90 Å². The Morgan fingerprint density at radius 3 is 1.95 bits per heavy atom. The smallest absolute Gasteiger partial charge is 0.240 e. The van der Waals surface area contributed by atoms with Crippen LogP contribution in [0.2, 0.25) is 0 Å². The Kier molecular flexibility index (Phi) is 6.32. The number of pyridine rings is 2. The number of nitrogens with zero attached hydrogens (tertiary/aromatic N) is 3. The Balaban J connectivity index is 1.24. The van der Waals surface area contributed by atoms with Gasteiger partial charge in [0, 0.05) is 23.9 Å². The summed E-state index contributed by atoms with van der Waals surface area (Å²) in [5, 5.41) is 2.22. The molecule has 1 aliphatic rings. The van der Waals surface area contributed by atoms with Gasteiger partial charge in [0.15, 0.2) is 0 Å². The Bertz CT molecular complexity index is 1640. The summed E-state index contributed by atoms with van der Waals surface area (Å²) in [5.41, 5.74) is 2.92. The van der Waals surface area contributed by atoms with Gasteiger partial charge >= 0.3 is 0 Å². The lowest BCUT2D eigenvalue weighted by Gasteiger charge is -2.31. The molecule has 6 rings (SSSR count). The van der Waals surface area contributed by atoms with Crippen LogP contribution in [0.4, 0.5) is 11.6 Å². The zero-order chi connectivity index (χ0) is 25.4. The average molecular weight is 527 g/mol. The number of aryl methyl sites for hydroxylation is 1. The fourth-order valence-electron chi connectivity index (χ4n) is 4.54. The van der Waals surface area contributed by atoms with Crippen LogP contribution in [0.3, 0.4) is 0 Å². The predicted molar refractivity (Wildman–Crippen MR) is 150 cm³/mol. The lowest BCUT2D eigenvalue weighted by molar-refractivity contribution is 0.576. The quantitative estimate of drug-likeness (QED) is 0.246. The van der Waals surface area contributed by atoms with Gasteiger partial charge in [-0.2, -0.15) is 0 Å². The molecule has 0 bridgehead atoms. The fraction of sp³-hybridized carbons (Fsp3) is 0.172. The van der Waals surface area contributed by atoms with E-state index in [0.717, 1.165) is 55.2 Å². The molecule has 0 fully saturated rings. The monoisotopic (exact) mass is 526 g/mol. The summed E-state index contributed by atoms with van der Waals surface area (Å²) in [6, 6.07) is 27.6. The Labute approximate surface area is 220 Å². The molecule has 0 amide bonds. The molecule has 8 heteroatoms. The van der Waals surface area contributed by atoms with Crippen molar-refractivity contribution in [2.24, 2.45) is 0 Å². The normalized spacial score (nSPS) is 13.1. The van der Waals surface area contributed by atoms with Gasteiger partial charge in [0.1, 0.15) is 11.6 Å². The minimum absolute atomic E-state index is 0.293. The lowest BCUT2D eigenvalue weighted by Crippen LogP contribution is -2.27. The van der Waals surface area contributed by atoms with Crippen molar-refractivity contribution in [3.8, 4) is 0 Å². The van der Waals surface area contributed by atoms with Gasteiger partial charge in [-0.05, 0) is 56.2 Å². The number of para-hydroxylation sites is 2. The number of hydrogen-bond acceptors (Lipinski definition) is 6. The number of anilines is 2. The molecule has 0 saturated carbocycles. The van der Waals surface area contributed by atoms with Crippen LogP contribution in [0.15, 0.2) is 99.6 Å². The van der Waals surface area contributed by atoms with Crippen molar-refractivity contribution in [1.29, 1.82) is 0 Å². The molecule has 0 saturated heterocycles. The summed E-state index contributed by atoms with van der Waals surface area (Å²) in [4.78, 5) is 14.7. The SMILES string of the molecule is Cc1ccc(S(=O)(=O)NCCCCN2c3nc4ccccc4cc3Sc3cc4ccccc4nc32)cc1. The second-order valence-electron chi connectivity index (χ2n) is 9.18. The van der Waals surface area contributed by atoms with Crippen molar-refractivity contribution >= 4 is 55.2 Å². The minimum Gasteiger partial charge on any atom is -0.309 e. The van der Waals surface area contributed by atoms with Gasteiger partial charge in [0.05, 0.1) is 25.7 Å². The van der Waals surface area contributed by atoms with Crippen molar-refractivity contribution in [2.45, 2.75) is 34.5 Å². The van der Waals surface area contributed by atoms with Crippen LogP contribution < -0.4 is 9.62 Å². The molecule has 3 aromatic carbocycles. The summed E-state index contributed by atoms with van der Waals surface area (Å²) < 4.78 is 28.0. The molecule has 1 N–H and O–H groups in total. The first-order valence-electron chi connectivity index (χ1n) is 12.3. The van der Waals surface area contributed by atoms with E-state index in [2.05, 4.69) is 33.9 Å². The second-order valence-corrected chi connectivity index (χ2v) is 12.0. The number of sulfonamides is 1. The van der Waals surface area contributed by atoms with Crippen molar-refractivity contribution in [3.05, 3.63) is 90.5 Å². The van der Waals surface area contributed by atoms with Crippen LogP contribution in [-0.2, 0) is 10.0 Å². The van der Waals surface area contributed by atoms with Gasteiger partial charge in [0.25, 0.3) is 0 Å². The lowest BCUT2D eigenvalue weighted by atomic mass is 10.2. The first kappa shape index (κ1) is 23.9. The largest absolute Gasteiger partial charge is 0.309 e. The van der Waals surface area contributed by atoms with E-state index in [1.54, 1.807) is 23.9 Å². The van der Waals surface area contributed by atoms with Gasteiger partial charge in [-0.25, -0.2) is 23.1 Å². The van der Waals surface area contributed by atoms with Crippen molar-refractivity contribution in [3.63, 3.8) is 0 Å². The van der Waals surface area contributed by atoms with E-state index in [1.165, 1.54) is 0 Å². The van der Waals surface area contributed by atoms with Gasteiger partial charge in [0.2, 0.25) is 10.0 Å². The summed E-state index contributed by atoms with van der Waals surface area (Å²) in [6.45, 7) is 2.99. The minimum atomic E-state index is -3.52. The molecule has 3 heterocycles. The van der Waals surface area contributed by atoms with E-state index >= 15 is 0 Å². The predicted octanol–water partition coefficient (Wildman–Crippen LogP) is 6.45. The highest BCUT2D eigenvalue weighted by molar-refractivity contribution is 7.99. The van der Waals surface area contributed by atoms with Crippen LogP contribution in [0, 0.1) is 6.92 Å². The maximum Gasteiger partial charge on any atom is 0.240 e. The number of fused-ring (bicyclic) bond motifs is 4. The average Bonchev–Trinajstić information content (AvgIpc) is 2.90. The Morgan fingerprint density at radius 1 is 0.784 bits per heavy atom. The number of rotatable bonds is 7. The third-order valence-corrected chi connectivity index (χ3v) is 9.02. The summed E-state index contributed by atoms with van der Waals surface area (Å²) in [5.74, 6) is 1.80. The van der Waals surface area contributed by atoms with E-state index in [-0.39, 0.29) is 0 Å². The van der Waals surface area contributed by atoms with Gasteiger partial charge in [-0.15, -0.1) is 0 Å². The molecule has 0 spiro atoms. The second kappa shape index (κ2) is 9.78. The summed E-state index contributed by atoms with van der Waals surface area (Å²) >= 11 is 1.70. The molecule has 0 aliphatic carbocycles. The fourth-order valence-corrected chi connectivity index (χ4v) is 6.72. The van der Waals surface area contributed by atoms with Crippen LogP contribution in [0.5, 0.6) is 0 Å². The molecule has 0 atom stereocenters. The Morgan fingerprint density at radius 2 is 1.35 bits per heavy atom. The number of benzene rings is 3. The highest BCUT2D eigenvalue weighted by Gasteiger charge is 2.27. The zero-order valence-electron chi connectivity index (χ0n) is 20.4. The first-order valence-corrected chi connectivity index (χ1v) is 14.6. The maximum atomic E-state index is 12.6. The molecule has 186 valence electrons.